The molecule has 1 fully saturated rings. The van der Waals surface area contributed by atoms with E-state index in [1.54, 1.807) is 18.6 Å². The maximum Gasteiger partial charge on any atom is 0.290 e. The number of allylic oxidation sites excluding steroid dienone is 1. The Kier molecular flexibility index (Phi) is 7.85. The van der Waals surface area contributed by atoms with Crippen LogP contribution in [0.5, 0.6) is 0 Å². The second-order valence-electron chi connectivity index (χ2n) is 6.68. The van der Waals surface area contributed by atoms with E-state index in [0.29, 0.717) is 0 Å². The van der Waals surface area contributed by atoms with E-state index in [1.807, 2.05) is 6.08 Å². The van der Waals surface area contributed by atoms with Gasteiger partial charge in [-0.2, -0.15) is 0 Å². The Morgan fingerprint density at radius 2 is 2.13 bits per heavy atom. The van der Waals surface area contributed by atoms with Gasteiger partial charge in [-0.05, 0) is 18.3 Å². The molecular formula is C17H27N3O3. The highest BCUT2D eigenvalue weighted by molar-refractivity contribution is 5.32. The minimum absolute atomic E-state index is 0.211. The van der Waals surface area contributed by atoms with Gasteiger partial charge in [-0.25, -0.2) is 0 Å². The minimum Gasteiger partial charge on any atom is -0.483 e. The Hall–Kier alpha value is -1.79. The van der Waals surface area contributed by atoms with Crippen molar-refractivity contribution < 1.29 is 15.0 Å². The summed E-state index contributed by atoms with van der Waals surface area (Å²) in [5, 5.41) is 17.1. The van der Waals surface area contributed by atoms with Gasteiger partial charge in [0.1, 0.15) is 0 Å². The third-order valence-electron chi connectivity index (χ3n) is 3.92. The normalized spacial score (nSPS) is 21.3. The zero-order valence-electron chi connectivity index (χ0n) is 13.9. The molecule has 6 nitrogen and oxygen atoms in total. The first-order chi connectivity index (χ1) is 10.9. The molecule has 1 saturated heterocycles. The standard InChI is InChI=1S/C16H25N3O.CH2O2/c1-4-5-16(2,3)12-19-10-13(15(20)11-19)8-14-9-17-6-7-18-14;2-1-3/h4,6-7,9,13,15,20H,1,5,8,10-12H2,2-3H3;1H,(H,2,3)/t13-,15-;/m1./s1. The van der Waals surface area contributed by atoms with E-state index in [2.05, 4.69) is 35.3 Å². The van der Waals surface area contributed by atoms with Crippen molar-refractivity contribution in [1.82, 2.24) is 14.9 Å². The van der Waals surface area contributed by atoms with Crippen LogP contribution < -0.4 is 0 Å². The number of hydrogen-bond donors (Lipinski definition) is 2. The minimum atomic E-state index is -0.267. The lowest BCUT2D eigenvalue weighted by atomic mass is 9.89. The number of aromatic nitrogens is 2. The summed E-state index contributed by atoms with van der Waals surface area (Å²) < 4.78 is 0. The molecule has 1 aromatic heterocycles. The molecule has 0 aliphatic carbocycles. The smallest absolute Gasteiger partial charge is 0.290 e. The highest BCUT2D eigenvalue weighted by Gasteiger charge is 2.34. The summed E-state index contributed by atoms with van der Waals surface area (Å²) in [4.78, 5) is 19.1. The van der Waals surface area contributed by atoms with Crippen molar-refractivity contribution in [3.63, 3.8) is 0 Å². The first-order valence-electron chi connectivity index (χ1n) is 7.76. The molecule has 0 bridgehead atoms. The van der Waals surface area contributed by atoms with Crippen LogP contribution in [-0.2, 0) is 11.2 Å². The zero-order chi connectivity index (χ0) is 17.3. The van der Waals surface area contributed by atoms with Crippen LogP contribution in [0.15, 0.2) is 31.2 Å². The molecule has 0 spiro atoms. The Balaban J connectivity index is 0.000000816. The molecule has 0 aromatic carbocycles. The molecule has 2 atom stereocenters. The number of likely N-dealkylation sites (tertiary alicyclic amines) is 1. The Morgan fingerprint density at radius 3 is 2.70 bits per heavy atom. The molecule has 128 valence electrons. The van der Waals surface area contributed by atoms with E-state index in [-0.39, 0.29) is 23.9 Å². The van der Waals surface area contributed by atoms with Gasteiger partial charge in [0.25, 0.3) is 6.47 Å². The van der Waals surface area contributed by atoms with Gasteiger partial charge in [0.2, 0.25) is 0 Å². The van der Waals surface area contributed by atoms with Crippen LogP contribution in [0.25, 0.3) is 0 Å². The van der Waals surface area contributed by atoms with Crippen LogP contribution in [0.2, 0.25) is 0 Å². The topological polar surface area (TPSA) is 86.5 Å². The largest absolute Gasteiger partial charge is 0.483 e. The Morgan fingerprint density at radius 1 is 1.43 bits per heavy atom. The summed E-state index contributed by atoms with van der Waals surface area (Å²) in [6, 6.07) is 0. The van der Waals surface area contributed by atoms with E-state index in [1.165, 1.54) is 0 Å². The van der Waals surface area contributed by atoms with E-state index < -0.39 is 0 Å². The molecule has 2 heterocycles. The fourth-order valence-electron chi connectivity index (χ4n) is 3.04. The van der Waals surface area contributed by atoms with Crippen molar-refractivity contribution in [2.45, 2.75) is 32.8 Å². The molecule has 0 radical (unpaired) electrons. The molecule has 23 heavy (non-hydrogen) atoms. The number of nitrogens with zero attached hydrogens (tertiary/aromatic N) is 3. The number of carbonyl (C=O) groups is 1. The Labute approximate surface area is 137 Å². The highest BCUT2D eigenvalue weighted by Crippen LogP contribution is 2.27. The summed E-state index contributed by atoms with van der Waals surface area (Å²) in [5.41, 5.74) is 1.17. The number of β-amino-alcohol motifs (C(OH)–C–C–N with tert-alkyl or cyclic N) is 1. The van der Waals surface area contributed by atoms with Crippen molar-refractivity contribution in [1.29, 1.82) is 0 Å². The third-order valence-corrected chi connectivity index (χ3v) is 3.92. The van der Waals surface area contributed by atoms with Crippen LogP contribution in [-0.4, -0.2) is 57.3 Å². The fourth-order valence-corrected chi connectivity index (χ4v) is 3.04. The highest BCUT2D eigenvalue weighted by atomic mass is 16.3. The van der Waals surface area contributed by atoms with Gasteiger partial charge in [-0.15, -0.1) is 6.58 Å². The van der Waals surface area contributed by atoms with E-state index in [0.717, 1.165) is 38.2 Å². The van der Waals surface area contributed by atoms with Crippen molar-refractivity contribution >= 4 is 6.47 Å². The van der Waals surface area contributed by atoms with Gasteiger partial charge in [-0.3, -0.25) is 19.7 Å². The lowest BCUT2D eigenvalue weighted by Gasteiger charge is -2.29. The lowest BCUT2D eigenvalue weighted by molar-refractivity contribution is -0.122. The molecule has 1 aromatic rings. The molecule has 0 amide bonds. The molecule has 2 N–H and O–H groups in total. The molecule has 2 rings (SSSR count). The zero-order valence-corrected chi connectivity index (χ0v) is 13.9. The van der Waals surface area contributed by atoms with Gasteiger partial charge in [0.15, 0.2) is 0 Å². The average molecular weight is 321 g/mol. The maximum absolute atomic E-state index is 10.2. The first-order valence-corrected chi connectivity index (χ1v) is 7.76. The van der Waals surface area contributed by atoms with Crippen LogP contribution in [0.3, 0.4) is 0 Å². The molecule has 0 saturated carbocycles. The number of hydrogen-bond acceptors (Lipinski definition) is 5. The molecule has 0 unspecified atom stereocenters. The quantitative estimate of drug-likeness (QED) is 0.611. The predicted molar refractivity (Wildman–Crippen MR) is 89.0 cm³/mol. The van der Waals surface area contributed by atoms with Crippen molar-refractivity contribution in [3.05, 3.63) is 36.9 Å². The van der Waals surface area contributed by atoms with Crippen LogP contribution >= 0.6 is 0 Å². The van der Waals surface area contributed by atoms with E-state index >= 15 is 0 Å². The van der Waals surface area contributed by atoms with Gasteiger partial charge in [-0.1, -0.05) is 19.9 Å². The monoisotopic (exact) mass is 321 g/mol. The first kappa shape index (κ1) is 19.3. The van der Waals surface area contributed by atoms with Gasteiger partial charge < -0.3 is 10.2 Å². The lowest BCUT2D eigenvalue weighted by Crippen LogP contribution is -2.33. The predicted octanol–water partition coefficient (Wildman–Crippen LogP) is 1.61. The van der Waals surface area contributed by atoms with E-state index in [4.69, 9.17) is 9.90 Å². The van der Waals surface area contributed by atoms with Crippen molar-refractivity contribution in [2.24, 2.45) is 11.3 Å². The molecule has 1 aliphatic rings. The second-order valence-corrected chi connectivity index (χ2v) is 6.68. The Bertz CT molecular complexity index is 479. The van der Waals surface area contributed by atoms with Crippen LogP contribution in [0, 0.1) is 11.3 Å². The van der Waals surface area contributed by atoms with Gasteiger partial charge in [0, 0.05) is 44.1 Å². The fraction of sp³-hybridized carbons (Fsp3) is 0.588. The van der Waals surface area contributed by atoms with E-state index in [9.17, 15) is 5.11 Å². The van der Waals surface area contributed by atoms with Gasteiger partial charge in [0.05, 0.1) is 11.8 Å². The molecular weight excluding hydrogens is 294 g/mol. The molecule has 1 aliphatic heterocycles. The number of carboxylic acid groups (broad SMARTS) is 1. The summed E-state index contributed by atoms with van der Waals surface area (Å²) in [6.45, 7) is 10.7. The average Bonchev–Trinajstić information content (AvgIpc) is 2.79. The van der Waals surface area contributed by atoms with Crippen LogP contribution in [0.1, 0.15) is 26.0 Å². The number of aliphatic hydroxyl groups excluding tert-OH is 1. The van der Waals surface area contributed by atoms with Crippen molar-refractivity contribution in [2.75, 3.05) is 19.6 Å². The summed E-state index contributed by atoms with van der Waals surface area (Å²) >= 11 is 0. The summed E-state index contributed by atoms with van der Waals surface area (Å²) in [7, 11) is 0. The number of rotatable bonds is 6. The van der Waals surface area contributed by atoms with Crippen LogP contribution in [0.4, 0.5) is 0 Å². The van der Waals surface area contributed by atoms with Crippen molar-refractivity contribution in [3.8, 4) is 0 Å². The molecule has 6 heteroatoms. The summed E-state index contributed by atoms with van der Waals surface area (Å²) in [5.74, 6) is 0.256. The second kappa shape index (κ2) is 9.37. The number of aliphatic hydroxyl groups is 1. The third kappa shape index (κ3) is 6.88. The van der Waals surface area contributed by atoms with Gasteiger partial charge >= 0.3 is 0 Å². The SMILES string of the molecule is C=CCC(C)(C)CN1C[C@@H](Cc2cnccn2)[C@H](O)C1.O=CO. The maximum atomic E-state index is 10.2. The summed E-state index contributed by atoms with van der Waals surface area (Å²) in [6.07, 6.45) is 8.68.